The number of halogens is 6. The van der Waals surface area contributed by atoms with Crippen LogP contribution in [0.1, 0.15) is 114 Å². The number of hydrogen-bond donors (Lipinski definition) is 2. The van der Waals surface area contributed by atoms with Crippen LogP contribution in [-0.2, 0) is 28.4 Å². The molecule has 0 spiro atoms. The highest BCUT2D eigenvalue weighted by Gasteiger charge is 2.32. The van der Waals surface area contributed by atoms with Crippen molar-refractivity contribution in [2.24, 2.45) is 0 Å². The van der Waals surface area contributed by atoms with E-state index in [1.807, 2.05) is 33.8 Å². The molecule has 6 aromatic rings. The summed E-state index contributed by atoms with van der Waals surface area (Å²) in [6, 6.07) is 18.5. The molecule has 8 nitrogen and oxygen atoms in total. The van der Waals surface area contributed by atoms with E-state index in [4.69, 9.17) is 29.2 Å². The molecule has 0 fully saturated rings. The zero-order valence-electron chi connectivity index (χ0n) is 38.3. The van der Waals surface area contributed by atoms with Crippen molar-refractivity contribution in [1.29, 1.82) is 0 Å². The fourth-order valence-corrected chi connectivity index (χ4v) is 10.8. The van der Waals surface area contributed by atoms with Crippen LogP contribution in [0, 0.1) is 20.8 Å². The maximum atomic E-state index is 13.1. The van der Waals surface area contributed by atoms with E-state index in [9.17, 15) is 35.9 Å². The van der Waals surface area contributed by atoms with E-state index in [-0.39, 0.29) is 11.8 Å². The van der Waals surface area contributed by atoms with E-state index in [1.165, 1.54) is 34.8 Å². The Morgan fingerprint density at radius 2 is 1.00 bits per heavy atom. The first-order valence-electron chi connectivity index (χ1n) is 22.1. The van der Waals surface area contributed by atoms with Crippen molar-refractivity contribution in [1.82, 2.24) is 0 Å². The van der Waals surface area contributed by atoms with Gasteiger partial charge in [-0.25, -0.2) is 9.59 Å². The van der Waals surface area contributed by atoms with E-state index in [0.29, 0.717) is 52.0 Å². The highest BCUT2D eigenvalue weighted by Crippen LogP contribution is 2.43. The predicted molar refractivity (Wildman–Crippen MR) is 252 cm³/mol. The van der Waals surface area contributed by atoms with Crippen molar-refractivity contribution in [3.05, 3.63) is 116 Å². The van der Waals surface area contributed by atoms with E-state index in [0.717, 1.165) is 93.4 Å². The zero-order valence-corrected chi connectivity index (χ0v) is 39.9. The number of alkyl halides is 6. The molecule has 0 bridgehead atoms. The standard InChI is InChI=1S/C26H29F3O4S.C25H27F3O4S/c1-4-6-18(25-16(3)21-9-7-19(26(27,28)29)14-23(21)34-25)11-12-32-20-8-10-22(17(5-2)13-20)33-15-24(30)31;1-4-5-17(10-11-31-19-7-9-21(15(2)12-19)32-14-23(29)30)24-16(3)20-8-6-18(25(26,27)28)13-22(20)33-24/h7-10,13-14,18H,4-6,11-12,15H2,1-3H3,(H,30,31);6-9,12-13,17H,4-5,10-11,14H2,1-3H3,(H,29,30). The number of thiophene rings is 2. The van der Waals surface area contributed by atoms with Gasteiger partial charge >= 0.3 is 24.3 Å². The van der Waals surface area contributed by atoms with Crippen molar-refractivity contribution in [3.8, 4) is 23.0 Å². The summed E-state index contributed by atoms with van der Waals surface area (Å²) >= 11 is 2.88. The molecule has 16 heteroatoms. The largest absolute Gasteiger partial charge is 0.494 e. The number of hydrogen-bond acceptors (Lipinski definition) is 8. The number of carbonyl (C=O) groups is 2. The number of aliphatic carboxylic acids is 2. The molecule has 0 aliphatic rings. The maximum absolute atomic E-state index is 13.1. The Bertz CT molecular complexity index is 2610. The molecule has 2 N–H and O–H groups in total. The Hall–Kier alpha value is -5.48. The first kappa shape index (κ1) is 52.5. The Morgan fingerprint density at radius 1 is 0.567 bits per heavy atom. The molecule has 0 aliphatic carbocycles. The summed E-state index contributed by atoms with van der Waals surface area (Å²) in [6.07, 6.45) is -2.79. The Morgan fingerprint density at radius 3 is 1.40 bits per heavy atom. The van der Waals surface area contributed by atoms with Crippen LogP contribution in [0.15, 0.2) is 72.8 Å². The van der Waals surface area contributed by atoms with Gasteiger partial charge in [0.2, 0.25) is 0 Å². The quantitative estimate of drug-likeness (QED) is 0.0686. The molecular formula is C51H56F6O8S2. The molecule has 4 aromatic carbocycles. The summed E-state index contributed by atoms with van der Waals surface area (Å²) in [5.74, 6) is 0.679. The molecule has 67 heavy (non-hydrogen) atoms. The topological polar surface area (TPSA) is 112 Å². The molecule has 2 heterocycles. The van der Waals surface area contributed by atoms with Gasteiger partial charge in [0.25, 0.3) is 0 Å². The Balaban J connectivity index is 0.000000251. The van der Waals surface area contributed by atoms with Gasteiger partial charge in [0, 0.05) is 19.2 Å². The van der Waals surface area contributed by atoms with E-state index < -0.39 is 48.6 Å². The second-order valence-corrected chi connectivity index (χ2v) is 18.4. The van der Waals surface area contributed by atoms with Gasteiger partial charge in [-0.1, -0.05) is 45.7 Å². The molecule has 0 radical (unpaired) electrons. The van der Waals surface area contributed by atoms with Gasteiger partial charge in [-0.05, 0) is 158 Å². The van der Waals surface area contributed by atoms with Crippen LogP contribution in [0.4, 0.5) is 26.3 Å². The van der Waals surface area contributed by atoms with Crippen LogP contribution in [0.3, 0.4) is 0 Å². The zero-order chi connectivity index (χ0) is 49.1. The molecule has 2 atom stereocenters. The van der Waals surface area contributed by atoms with Crippen LogP contribution in [-0.4, -0.2) is 48.6 Å². The van der Waals surface area contributed by atoms with Gasteiger partial charge in [-0.2, -0.15) is 26.3 Å². The molecular weight excluding hydrogens is 919 g/mol. The fourth-order valence-electron chi connectivity index (χ4n) is 7.98. The molecule has 6 rings (SSSR count). The predicted octanol–water partition coefficient (Wildman–Crippen LogP) is 15.0. The summed E-state index contributed by atoms with van der Waals surface area (Å²) in [6.45, 7) is 12.0. The highest BCUT2D eigenvalue weighted by atomic mass is 32.1. The molecule has 362 valence electrons. The van der Waals surface area contributed by atoms with Gasteiger partial charge in [0.05, 0.1) is 24.3 Å². The van der Waals surface area contributed by atoms with Gasteiger partial charge in [0.15, 0.2) is 13.2 Å². The number of carboxylic acids is 2. The lowest BCUT2D eigenvalue weighted by Crippen LogP contribution is -2.10. The Kier molecular flexibility index (Phi) is 18.4. The fraction of sp³-hybridized carbons (Fsp3) is 0.412. The van der Waals surface area contributed by atoms with Gasteiger partial charge in [-0.15, -0.1) is 22.7 Å². The molecule has 2 unspecified atom stereocenters. The van der Waals surface area contributed by atoms with Crippen molar-refractivity contribution in [2.45, 2.75) is 111 Å². The first-order chi connectivity index (χ1) is 31.7. The van der Waals surface area contributed by atoms with Crippen molar-refractivity contribution in [3.63, 3.8) is 0 Å². The van der Waals surface area contributed by atoms with E-state index in [1.54, 1.807) is 42.5 Å². The highest BCUT2D eigenvalue weighted by molar-refractivity contribution is 7.19. The summed E-state index contributed by atoms with van der Waals surface area (Å²) in [5, 5.41) is 19.3. The molecule has 0 amide bonds. The third-order valence-corrected chi connectivity index (χ3v) is 14.2. The monoisotopic (exact) mass is 974 g/mol. The number of benzene rings is 4. The molecule has 2 aromatic heterocycles. The minimum atomic E-state index is -4.35. The number of ether oxygens (including phenoxy) is 4. The third-order valence-electron chi connectivity index (χ3n) is 11.4. The van der Waals surface area contributed by atoms with Crippen LogP contribution < -0.4 is 18.9 Å². The third kappa shape index (κ3) is 14.3. The van der Waals surface area contributed by atoms with Gasteiger partial charge < -0.3 is 29.2 Å². The second kappa shape index (κ2) is 23.5. The lowest BCUT2D eigenvalue weighted by molar-refractivity contribution is -0.140. The van der Waals surface area contributed by atoms with Crippen LogP contribution >= 0.6 is 22.7 Å². The molecule has 0 aliphatic heterocycles. The van der Waals surface area contributed by atoms with Crippen LogP contribution in [0.5, 0.6) is 23.0 Å². The minimum Gasteiger partial charge on any atom is -0.494 e. The lowest BCUT2D eigenvalue weighted by atomic mass is 9.95. The van der Waals surface area contributed by atoms with E-state index in [2.05, 4.69) is 13.8 Å². The van der Waals surface area contributed by atoms with Crippen molar-refractivity contribution >= 4 is 54.8 Å². The first-order valence-corrected chi connectivity index (χ1v) is 23.8. The number of carboxylic acid groups (broad SMARTS) is 2. The number of fused-ring (bicyclic) bond motifs is 2. The minimum absolute atomic E-state index is 0.195. The normalized spacial score (nSPS) is 12.7. The van der Waals surface area contributed by atoms with Crippen molar-refractivity contribution in [2.75, 3.05) is 26.4 Å². The summed E-state index contributed by atoms with van der Waals surface area (Å²) in [7, 11) is 0. The maximum Gasteiger partial charge on any atom is 0.416 e. The van der Waals surface area contributed by atoms with Gasteiger partial charge in [0.1, 0.15) is 23.0 Å². The smallest absolute Gasteiger partial charge is 0.416 e. The van der Waals surface area contributed by atoms with Crippen LogP contribution in [0.25, 0.3) is 20.2 Å². The number of aryl methyl sites for hydroxylation is 4. The average molecular weight is 975 g/mol. The summed E-state index contributed by atoms with van der Waals surface area (Å²) in [5.41, 5.74) is 2.48. The van der Waals surface area contributed by atoms with E-state index >= 15 is 0 Å². The summed E-state index contributed by atoms with van der Waals surface area (Å²) < 4.78 is 103. The summed E-state index contributed by atoms with van der Waals surface area (Å²) in [4.78, 5) is 23.7. The van der Waals surface area contributed by atoms with Crippen molar-refractivity contribution < 1.29 is 65.1 Å². The lowest BCUT2D eigenvalue weighted by Gasteiger charge is -2.17. The van der Waals surface area contributed by atoms with Gasteiger partial charge in [-0.3, -0.25) is 0 Å². The Labute approximate surface area is 394 Å². The number of rotatable bonds is 21. The second-order valence-electron chi connectivity index (χ2n) is 16.3. The van der Waals surface area contributed by atoms with Crippen LogP contribution in [0.2, 0.25) is 0 Å². The molecule has 0 saturated carbocycles. The average Bonchev–Trinajstić information content (AvgIpc) is 3.79. The SMILES string of the molecule is CCCC(CCOc1ccc(OCC(=O)O)c(C)c1)c1sc2cc(C(F)(F)F)ccc2c1C.CCCC(CCOc1ccc(OCC(=O)O)c(CC)c1)c1sc2cc(C(F)(F)F)ccc2c1C. The molecule has 0 saturated heterocycles.